The molecule has 1 atom stereocenters. The van der Waals surface area contributed by atoms with Gasteiger partial charge in [0.1, 0.15) is 25.9 Å². The van der Waals surface area contributed by atoms with Gasteiger partial charge in [0.25, 0.3) is 0 Å². The van der Waals surface area contributed by atoms with Gasteiger partial charge in [-0.25, -0.2) is 4.79 Å². The van der Waals surface area contributed by atoms with Crippen LogP contribution in [0.5, 0.6) is 0 Å². The van der Waals surface area contributed by atoms with Crippen molar-refractivity contribution in [3.05, 3.63) is 0 Å². The lowest BCUT2D eigenvalue weighted by Crippen LogP contribution is -2.41. The summed E-state index contributed by atoms with van der Waals surface area (Å²) in [4.78, 5) is 90.3. The van der Waals surface area contributed by atoms with Crippen LogP contribution in [0, 0.1) is 0 Å². The molecular weight excluding hydrogens is 923 g/mol. The van der Waals surface area contributed by atoms with Gasteiger partial charge >= 0.3 is 11.9 Å². The maximum Gasteiger partial charge on any atom is 0.326 e. The summed E-state index contributed by atoms with van der Waals surface area (Å²) in [6.07, 6.45) is 13.4. The first kappa shape index (κ1) is 67.7. The smallest absolute Gasteiger partial charge is 0.326 e. The van der Waals surface area contributed by atoms with Crippen LogP contribution in [-0.2, 0) is 76.3 Å². The summed E-state index contributed by atoms with van der Waals surface area (Å²) in [5.41, 5.74) is 0. The third-order valence-corrected chi connectivity index (χ3v) is 9.48. The van der Waals surface area contributed by atoms with E-state index in [2.05, 4.69) is 26.6 Å². The average molecular weight is 1010 g/mol. The van der Waals surface area contributed by atoms with Gasteiger partial charge in [0, 0.05) is 52.0 Å². The van der Waals surface area contributed by atoms with Crippen LogP contribution in [0.4, 0.5) is 0 Å². The van der Waals surface area contributed by atoms with Crippen LogP contribution < -0.4 is 26.6 Å². The van der Waals surface area contributed by atoms with Crippen LogP contribution in [0.15, 0.2) is 0 Å². The van der Waals surface area contributed by atoms with Crippen LogP contribution in [-0.4, -0.2) is 196 Å². The van der Waals surface area contributed by atoms with Crippen LogP contribution in [0.3, 0.4) is 0 Å². The van der Waals surface area contributed by atoms with Crippen molar-refractivity contribution in [2.75, 3.05) is 132 Å². The molecule has 0 aromatic rings. The highest BCUT2D eigenvalue weighted by molar-refractivity contribution is 5.84. The van der Waals surface area contributed by atoms with Crippen molar-refractivity contribution in [2.45, 2.75) is 123 Å². The third kappa shape index (κ3) is 56.2. The molecule has 0 saturated heterocycles. The normalized spacial score (nSPS) is 11.2. The van der Waals surface area contributed by atoms with Gasteiger partial charge in [0.2, 0.25) is 30.0 Å². The zero-order valence-corrected chi connectivity index (χ0v) is 42.0. The van der Waals surface area contributed by atoms with Gasteiger partial charge in [0.15, 0.2) is 5.78 Å². The van der Waals surface area contributed by atoms with E-state index in [-0.39, 0.29) is 128 Å². The van der Waals surface area contributed by atoms with Crippen molar-refractivity contribution >= 4 is 47.8 Å². The second kappa shape index (κ2) is 54.0. The van der Waals surface area contributed by atoms with E-state index in [1.807, 2.05) is 6.92 Å². The molecule has 0 fully saturated rings. The van der Waals surface area contributed by atoms with Gasteiger partial charge < -0.3 is 74.7 Å². The molecule has 1 unspecified atom stereocenters. The van der Waals surface area contributed by atoms with Crippen molar-refractivity contribution < 1.29 is 86.5 Å². The molecule has 408 valence electrons. The molecule has 0 spiro atoms. The Bertz CT molecular complexity index is 1330. The monoisotopic (exact) mass is 1010 g/mol. The number of hydrogen-bond acceptors (Lipinski definition) is 16. The number of ether oxygens (including phenoxy) is 8. The summed E-state index contributed by atoms with van der Waals surface area (Å²) < 4.78 is 41.7. The molecule has 7 N–H and O–H groups in total. The Morgan fingerprint density at radius 2 is 0.829 bits per heavy atom. The van der Waals surface area contributed by atoms with E-state index in [1.165, 1.54) is 26.2 Å². The minimum atomic E-state index is -1.19. The number of carboxylic acid groups (broad SMARTS) is 2. The van der Waals surface area contributed by atoms with Crippen molar-refractivity contribution in [3.63, 3.8) is 0 Å². The van der Waals surface area contributed by atoms with Crippen molar-refractivity contribution in [1.82, 2.24) is 26.6 Å². The third-order valence-electron chi connectivity index (χ3n) is 9.48. The van der Waals surface area contributed by atoms with E-state index in [0.29, 0.717) is 72.2 Å². The number of aliphatic carboxylic acids is 2. The SMILES string of the molecule is CC(=O)COCCOCCNC=O.CCOCCOCCNC(=O)COCCOCCNC(=O)COCCOCCNC(=O)CCC(NC(=O)CCCCCCCCCCCCCCC(=O)O)C(=O)O. The first-order valence-corrected chi connectivity index (χ1v) is 24.7. The Balaban J connectivity index is 0. The van der Waals surface area contributed by atoms with E-state index in [9.17, 15) is 43.5 Å². The van der Waals surface area contributed by atoms with E-state index in [4.69, 9.17) is 43.0 Å². The predicted molar refractivity (Wildman–Crippen MR) is 257 cm³/mol. The van der Waals surface area contributed by atoms with Crippen LogP contribution in [0.25, 0.3) is 0 Å². The molecule has 0 aliphatic carbocycles. The Morgan fingerprint density at radius 1 is 0.443 bits per heavy atom. The number of carbonyl (C=O) groups is 8. The zero-order valence-electron chi connectivity index (χ0n) is 42.0. The molecule has 0 radical (unpaired) electrons. The lowest BCUT2D eigenvalue weighted by molar-refractivity contribution is -0.142. The second-order valence-corrected chi connectivity index (χ2v) is 15.8. The fourth-order valence-electron chi connectivity index (χ4n) is 5.87. The number of unbranched alkanes of at least 4 members (excludes halogenated alkanes) is 11. The molecule has 0 aromatic carbocycles. The highest BCUT2D eigenvalue weighted by atomic mass is 16.5. The lowest BCUT2D eigenvalue weighted by atomic mass is 10.0. The number of amides is 5. The Morgan fingerprint density at radius 3 is 1.24 bits per heavy atom. The first-order chi connectivity index (χ1) is 33.9. The number of Topliss-reactive ketones (excluding diaryl/α,β-unsaturated/α-hetero) is 1. The van der Waals surface area contributed by atoms with Crippen molar-refractivity contribution in [2.24, 2.45) is 0 Å². The molecule has 0 bridgehead atoms. The fraction of sp³-hybridized carbons (Fsp3) is 0.830. The van der Waals surface area contributed by atoms with E-state index >= 15 is 0 Å². The molecule has 0 saturated carbocycles. The van der Waals surface area contributed by atoms with Gasteiger partial charge in [-0.15, -0.1) is 0 Å². The molecule has 0 aliphatic heterocycles. The largest absolute Gasteiger partial charge is 0.481 e. The molecule has 0 aliphatic rings. The van der Waals surface area contributed by atoms with Gasteiger partial charge in [-0.05, 0) is 33.1 Å². The average Bonchev–Trinajstić information content (AvgIpc) is 3.32. The zero-order chi connectivity index (χ0) is 52.0. The number of carboxylic acids is 2. The Labute approximate surface area is 414 Å². The van der Waals surface area contributed by atoms with Gasteiger partial charge in [0.05, 0.1) is 79.3 Å². The molecule has 70 heavy (non-hydrogen) atoms. The Kier molecular flexibility index (Phi) is 52.2. The van der Waals surface area contributed by atoms with Crippen molar-refractivity contribution in [3.8, 4) is 0 Å². The molecule has 0 rings (SSSR count). The second-order valence-electron chi connectivity index (χ2n) is 15.8. The standard InChI is InChI=1S/C39H72N4O14.C8H15NO4/c1-2-52-25-26-53-23-20-41-36(46)31-57-30-28-55-24-21-42-37(47)32-56-29-27-54-22-19-40-34(44)18-17-33(39(50)51)43-35(45)15-13-11-9-7-5-3-4-6-8-10-12-14-16-38(48)49;1-8(11)6-13-5-4-12-3-2-9-7-10/h33H,2-32H2,1H3,(H,40,44)(H,41,46)(H,42,47)(H,43,45)(H,48,49)(H,50,51);7H,2-6H2,1H3,(H,9,10). The van der Waals surface area contributed by atoms with Crippen LogP contribution in [0.1, 0.15) is 117 Å². The summed E-state index contributed by atoms with van der Waals surface area (Å²) in [7, 11) is 0. The molecular formula is C47H87N5O18. The number of carbonyl (C=O) groups excluding carboxylic acids is 6. The maximum atomic E-state index is 12.3. The first-order valence-electron chi connectivity index (χ1n) is 24.7. The van der Waals surface area contributed by atoms with E-state index < -0.39 is 18.0 Å². The predicted octanol–water partition coefficient (Wildman–Crippen LogP) is 1.70. The summed E-state index contributed by atoms with van der Waals surface area (Å²) in [5, 5.41) is 31.1. The van der Waals surface area contributed by atoms with Crippen LogP contribution in [0.2, 0.25) is 0 Å². The van der Waals surface area contributed by atoms with E-state index in [0.717, 1.165) is 51.4 Å². The number of nitrogens with one attached hydrogen (secondary N) is 5. The van der Waals surface area contributed by atoms with Gasteiger partial charge in [-0.3, -0.25) is 33.6 Å². The summed E-state index contributed by atoms with van der Waals surface area (Å²) >= 11 is 0. The quantitative estimate of drug-likeness (QED) is 0.0337. The minimum absolute atomic E-state index is 0.00243. The summed E-state index contributed by atoms with van der Waals surface area (Å²) in [5.74, 6) is -3.16. The molecule has 0 aromatic heterocycles. The summed E-state index contributed by atoms with van der Waals surface area (Å²) in [6, 6.07) is -1.14. The maximum absolute atomic E-state index is 12.3. The summed E-state index contributed by atoms with van der Waals surface area (Å²) in [6.45, 7) is 9.34. The minimum Gasteiger partial charge on any atom is -0.481 e. The number of rotatable bonds is 52. The number of hydrogen-bond donors (Lipinski definition) is 7. The Hall–Kier alpha value is -4.36. The molecule has 23 nitrogen and oxygen atoms in total. The molecule has 5 amide bonds. The van der Waals surface area contributed by atoms with E-state index in [1.54, 1.807) is 0 Å². The molecule has 0 heterocycles. The highest BCUT2D eigenvalue weighted by Gasteiger charge is 2.21. The fourth-order valence-corrected chi connectivity index (χ4v) is 5.87. The lowest BCUT2D eigenvalue weighted by Gasteiger charge is -2.14. The van der Waals surface area contributed by atoms with Crippen LogP contribution >= 0.6 is 0 Å². The van der Waals surface area contributed by atoms with Gasteiger partial charge in [-0.1, -0.05) is 64.2 Å². The topological polar surface area (TPSA) is 311 Å². The highest BCUT2D eigenvalue weighted by Crippen LogP contribution is 2.13. The molecule has 23 heteroatoms. The number of ketones is 1. The van der Waals surface area contributed by atoms with Gasteiger partial charge in [-0.2, -0.15) is 0 Å². The van der Waals surface area contributed by atoms with Crippen molar-refractivity contribution in [1.29, 1.82) is 0 Å².